The van der Waals surface area contributed by atoms with Crippen molar-refractivity contribution in [1.82, 2.24) is 4.31 Å². The maximum absolute atomic E-state index is 6.30. The van der Waals surface area contributed by atoms with Crippen LogP contribution in [0.5, 0.6) is 0 Å². The van der Waals surface area contributed by atoms with E-state index in [-0.39, 0.29) is 0 Å². The average Bonchev–Trinajstić information content (AvgIpc) is 2.90. The summed E-state index contributed by atoms with van der Waals surface area (Å²) in [6.07, 6.45) is 5.15. The van der Waals surface area contributed by atoms with Crippen LogP contribution in [-0.2, 0) is 14.5 Å². The van der Waals surface area contributed by atoms with Gasteiger partial charge < -0.3 is 4.74 Å². The van der Waals surface area contributed by atoms with Gasteiger partial charge >= 0.3 is 0 Å². The lowest BCUT2D eigenvalue weighted by Gasteiger charge is -2.36. The maximum atomic E-state index is 6.30. The minimum absolute atomic E-state index is 0.444. The molecule has 0 bridgehead atoms. The summed E-state index contributed by atoms with van der Waals surface area (Å²) in [4.78, 5) is 11.3. The SMILES string of the molecule is CCSN1CCC2(CC1)OOC1(CCCC1C)O2. The molecule has 2 saturated heterocycles. The number of ether oxygens (including phenoxy) is 1. The second-order valence-corrected chi connectivity index (χ2v) is 6.98. The molecule has 2 atom stereocenters. The Morgan fingerprint density at radius 3 is 2.61 bits per heavy atom. The molecular weight excluding hydrogens is 250 g/mol. The lowest BCUT2D eigenvalue weighted by atomic mass is 10.0. The molecule has 3 fully saturated rings. The standard InChI is InChI=1S/C13H23NO3S/c1-3-18-14-9-7-12(8-10-14)15-13(17-16-12)6-4-5-11(13)2/h11H,3-10H2,1-2H3. The van der Waals surface area contributed by atoms with E-state index in [0.717, 1.165) is 38.1 Å². The van der Waals surface area contributed by atoms with E-state index in [1.54, 1.807) is 0 Å². The molecule has 2 aliphatic heterocycles. The smallest absolute Gasteiger partial charge is 0.207 e. The molecule has 0 aromatic rings. The summed E-state index contributed by atoms with van der Waals surface area (Å²) in [6.45, 7) is 6.44. The van der Waals surface area contributed by atoms with Crippen molar-refractivity contribution in [3.05, 3.63) is 0 Å². The van der Waals surface area contributed by atoms with Crippen molar-refractivity contribution in [2.75, 3.05) is 18.8 Å². The molecule has 1 aliphatic carbocycles. The molecule has 0 aromatic carbocycles. The van der Waals surface area contributed by atoms with Gasteiger partial charge in [-0.1, -0.05) is 25.8 Å². The zero-order valence-corrected chi connectivity index (χ0v) is 12.1. The lowest BCUT2D eigenvalue weighted by molar-refractivity contribution is -0.358. The fourth-order valence-corrected chi connectivity index (χ4v) is 4.02. The molecule has 0 amide bonds. The molecule has 4 nitrogen and oxygen atoms in total. The normalized spacial score (nSPS) is 40.0. The minimum atomic E-state index is -0.469. The zero-order chi connectivity index (χ0) is 12.6. The highest BCUT2D eigenvalue weighted by Crippen LogP contribution is 2.50. The first-order valence-electron chi connectivity index (χ1n) is 7.13. The minimum Gasteiger partial charge on any atom is -0.312 e. The molecule has 0 aromatic heterocycles. The van der Waals surface area contributed by atoms with Crippen molar-refractivity contribution < 1.29 is 14.5 Å². The summed E-state index contributed by atoms with van der Waals surface area (Å²) >= 11 is 1.90. The quantitative estimate of drug-likeness (QED) is 0.570. The number of hydrogen-bond donors (Lipinski definition) is 0. The number of rotatable bonds is 2. The van der Waals surface area contributed by atoms with Gasteiger partial charge in [0.05, 0.1) is 0 Å². The highest BCUT2D eigenvalue weighted by Gasteiger charge is 2.57. The molecule has 0 radical (unpaired) electrons. The summed E-state index contributed by atoms with van der Waals surface area (Å²) in [5.41, 5.74) is 0. The average molecular weight is 273 g/mol. The highest BCUT2D eigenvalue weighted by molar-refractivity contribution is 7.96. The van der Waals surface area contributed by atoms with E-state index >= 15 is 0 Å². The first-order valence-corrected chi connectivity index (χ1v) is 8.07. The Labute approximate surface area is 113 Å². The second-order valence-electron chi connectivity index (χ2n) is 5.63. The van der Waals surface area contributed by atoms with Crippen LogP contribution in [0, 0.1) is 5.92 Å². The van der Waals surface area contributed by atoms with Crippen molar-refractivity contribution in [2.24, 2.45) is 5.92 Å². The van der Waals surface area contributed by atoms with Crippen LogP contribution in [0.25, 0.3) is 0 Å². The number of piperidine rings is 1. The van der Waals surface area contributed by atoms with Crippen molar-refractivity contribution in [3.8, 4) is 0 Å². The zero-order valence-electron chi connectivity index (χ0n) is 11.3. The number of nitrogens with zero attached hydrogens (tertiary/aromatic N) is 1. The first-order chi connectivity index (χ1) is 8.68. The van der Waals surface area contributed by atoms with Crippen LogP contribution in [0.1, 0.15) is 46.0 Å². The van der Waals surface area contributed by atoms with E-state index in [1.165, 1.54) is 12.8 Å². The van der Waals surface area contributed by atoms with Crippen LogP contribution >= 0.6 is 11.9 Å². The summed E-state index contributed by atoms with van der Waals surface area (Å²) in [6, 6.07) is 0. The summed E-state index contributed by atoms with van der Waals surface area (Å²) in [7, 11) is 0. The topological polar surface area (TPSA) is 30.9 Å². The molecule has 3 rings (SSSR count). The van der Waals surface area contributed by atoms with Crippen LogP contribution in [0.3, 0.4) is 0 Å². The van der Waals surface area contributed by atoms with E-state index in [4.69, 9.17) is 14.5 Å². The van der Waals surface area contributed by atoms with Crippen molar-refractivity contribution >= 4 is 11.9 Å². The van der Waals surface area contributed by atoms with Gasteiger partial charge in [0.2, 0.25) is 11.6 Å². The monoisotopic (exact) mass is 273 g/mol. The molecule has 0 N–H and O–H groups in total. The van der Waals surface area contributed by atoms with E-state index in [2.05, 4.69) is 18.2 Å². The molecule has 18 heavy (non-hydrogen) atoms. The van der Waals surface area contributed by atoms with Crippen molar-refractivity contribution in [1.29, 1.82) is 0 Å². The third kappa shape index (κ3) is 2.20. The van der Waals surface area contributed by atoms with Gasteiger partial charge in [-0.05, 0) is 12.8 Å². The van der Waals surface area contributed by atoms with Crippen LogP contribution in [0.4, 0.5) is 0 Å². The maximum Gasteiger partial charge on any atom is 0.207 e. The van der Waals surface area contributed by atoms with E-state index in [1.807, 2.05) is 11.9 Å². The molecule has 104 valence electrons. The predicted molar refractivity (Wildman–Crippen MR) is 70.7 cm³/mol. The van der Waals surface area contributed by atoms with Crippen LogP contribution in [0.15, 0.2) is 0 Å². The molecule has 2 spiro atoms. The Morgan fingerprint density at radius 2 is 2.00 bits per heavy atom. The van der Waals surface area contributed by atoms with Gasteiger partial charge in [0.1, 0.15) is 0 Å². The van der Waals surface area contributed by atoms with E-state index in [9.17, 15) is 0 Å². The van der Waals surface area contributed by atoms with Gasteiger partial charge in [-0.2, -0.15) is 9.78 Å². The van der Waals surface area contributed by atoms with Crippen LogP contribution in [-0.4, -0.2) is 34.7 Å². The van der Waals surface area contributed by atoms with Crippen LogP contribution in [0.2, 0.25) is 0 Å². The van der Waals surface area contributed by atoms with Crippen LogP contribution < -0.4 is 0 Å². The van der Waals surface area contributed by atoms with Gasteiger partial charge in [0.15, 0.2) is 0 Å². The lowest BCUT2D eigenvalue weighted by Crippen LogP contribution is -2.45. The molecule has 5 heteroatoms. The van der Waals surface area contributed by atoms with E-state index in [0.29, 0.717) is 5.92 Å². The van der Waals surface area contributed by atoms with Gasteiger partial charge in [-0.15, -0.1) is 0 Å². The van der Waals surface area contributed by atoms with Gasteiger partial charge in [-0.25, -0.2) is 0 Å². The van der Waals surface area contributed by atoms with E-state index < -0.39 is 11.6 Å². The third-order valence-electron chi connectivity index (χ3n) is 4.40. The highest BCUT2D eigenvalue weighted by atomic mass is 32.2. The predicted octanol–water partition coefficient (Wildman–Crippen LogP) is 2.94. The van der Waals surface area contributed by atoms with Gasteiger partial charge in [0.25, 0.3) is 0 Å². The molecule has 2 unspecified atom stereocenters. The second kappa shape index (κ2) is 4.94. The summed E-state index contributed by atoms with van der Waals surface area (Å²) < 4.78 is 8.70. The fraction of sp³-hybridized carbons (Fsp3) is 1.00. The first kappa shape index (κ1) is 13.2. The molecule has 2 heterocycles. The van der Waals surface area contributed by atoms with Gasteiger partial charge in [0, 0.05) is 44.0 Å². The van der Waals surface area contributed by atoms with Crippen molar-refractivity contribution in [2.45, 2.75) is 57.5 Å². The third-order valence-corrected chi connectivity index (χ3v) is 5.39. The Morgan fingerprint density at radius 1 is 1.22 bits per heavy atom. The largest absolute Gasteiger partial charge is 0.312 e. The Balaban J connectivity index is 1.62. The molecular formula is C13H23NO3S. The number of hydrogen-bond acceptors (Lipinski definition) is 5. The Kier molecular flexibility index (Phi) is 3.62. The fourth-order valence-electron chi connectivity index (χ4n) is 3.22. The Bertz CT molecular complexity index is 307. The Hall–Kier alpha value is 0.190. The van der Waals surface area contributed by atoms with Crippen molar-refractivity contribution in [3.63, 3.8) is 0 Å². The molecule has 1 saturated carbocycles. The summed E-state index contributed by atoms with van der Waals surface area (Å²) in [5.74, 6) is 0.662. The van der Waals surface area contributed by atoms with Gasteiger partial charge in [-0.3, -0.25) is 4.31 Å². The molecule has 3 aliphatic rings. The summed E-state index contributed by atoms with van der Waals surface area (Å²) in [5, 5.41) is 0.